The van der Waals surface area contributed by atoms with Crippen molar-refractivity contribution >= 4 is 27.5 Å². The van der Waals surface area contributed by atoms with Crippen LogP contribution < -0.4 is 5.32 Å². The SMILES string of the molecule is CCN(CC)C(=O)c1cccc(NC(=O)CN2CCN(S(=O)(=O)c3ccc(C)c(C)c3)CC2)c1. The lowest BCUT2D eigenvalue weighted by Crippen LogP contribution is -2.50. The van der Waals surface area contributed by atoms with E-state index in [1.165, 1.54) is 4.31 Å². The lowest BCUT2D eigenvalue weighted by Gasteiger charge is -2.33. The van der Waals surface area contributed by atoms with Gasteiger partial charge in [0.2, 0.25) is 15.9 Å². The number of hydrogen-bond donors (Lipinski definition) is 1. The number of carbonyl (C=O) groups is 2. The second-order valence-corrected chi connectivity index (χ2v) is 10.5. The smallest absolute Gasteiger partial charge is 0.253 e. The summed E-state index contributed by atoms with van der Waals surface area (Å²) < 4.78 is 27.5. The molecule has 0 aromatic heterocycles. The summed E-state index contributed by atoms with van der Waals surface area (Å²) in [6.07, 6.45) is 0. The molecule has 1 N–H and O–H groups in total. The molecule has 3 rings (SSSR count). The van der Waals surface area contributed by atoms with Crippen molar-refractivity contribution < 1.29 is 18.0 Å². The van der Waals surface area contributed by atoms with Gasteiger partial charge in [0.25, 0.3) is 5.91 Å². The van der Waals surface area contributed by atoms with Gasteiger partial charge < -0.3 is 10.2 Å². The number of hydrogen-bond acceptors (Lipinski definition) is 5. The Morgan fingerprint density at radius 1 is 0.941 bits per heavy atom. The van der Waals surface area contributed by atoms with Crippen LogP contribution in [0.15, 0.2) is 47.4 Å². The first-order valence-electron chi connectivity index (χ1n) is 11.6. The fraction of sp³-hybridized carbons (Fsp3) is 0.440. The van der Waals surface area contributed by atoms with Crippen molar-refractivity contribution in [2.75, 3.05) is 51.1 Å². The van der Waals surface area contributed by atoms with E-state index in [1.54, 1.807) is 41.3 Å². The highest BCUT2D eigenvalue weighted by Gasteiger charge is 2.29. The number of anilines is 1. The zero-order chi connectivity index (χ0) is 24.9. The van der Waals surface area contributed by atoms with E-state index in [0.717, 1.165) is 11.1 Å². The molecule has 0 saturated carbocycles. The van der Waals surface area contributed by atoms with Crippen LogP contribution in [-0.4, -0.2) is 80.2 Å². The minimum absolute atomic E-state index is 0.0674. The van der Waals surface area contributed by atoms with Crippen LogP contribution in [0.5, 0.6) is 0 Å². The van der Waals surface area contributed by atoms with Crippen molar-refractivity contribution in [3.05, 3.63) is 59.2 Å². The molecule has 2 aromatic carbocycles. The summed E-state index contributed by atoms with van der Waals surface area (Å²) in [6, 6.07) is 12.1. The second kappa shape index (κ2) is 11.1. The molecular weight excluding hydrogens is 452 g/mol. The second-order valence-electron chi connectivity index (χ2n) is 8.53. The lowest BCUT2D eigenvalue weighted by molar-refractivity contribution is -0.117. The van der Waals surface area contributed by atoms with Crippen molar-refractivity contribution in [2.45, 2.75) is 32.6 Å². The molecule has 0 spiro atoms. The van der Waals surface area contributed by atoms with Gasteiger partial charge >= 0.3 is 0 Å². The van der Waals surface area contributed by atoms with Crippen molar-refractivity contribution in [2.24, 2.45) is 0 Å². The Morgan fingerprint density at radius 3 is 2.24 bits per heavy atom. The quantitative estimate of drug-likeness (QED) is 0.620. The number of carbonyl (C=O) groups excluding carboxylic acids is 2. The van der Waals surface area contributed by atoms with Crippen LogP contribution in [0, 0.1) is 13.8 Å². The Kier molecular flexibility index (Phi) is 8.46. The Bertz CT molecular complexity index is 1140. The fourth-order valence-electron chi connectivity index (χ4n) is 3.98. The Morgan fingerprint density at radius 2 is 1.62 bits per heavy atom. The zero-order valence-electron chi connectivity index (χ0n) is 20.4. The van der Waals surface area contributed by atoms with Crippen LogP contribution in [0.4, 0.5) is 5.69 Å². The van der Waals surface area contributed by atoms with Crippen molar-refractivity contribution in [3.63, 3.8) is 0 Å². The van der Waals surface area contributed by atoms with Crippen LogP contribution in [0.2, 0.25) is 0 Å². The topological polar surface area (TPSA) is 90.0 Å². The molecule has 0 bridgehead atoms. The van der Waals surface area contributed by atoms with E-state index in [0.29, 0.717) is 55.4 Å². The number of nitrogens with zero attached hydrogens (tertiary/aromatic N) is 3. The third-order valence-electron chi connectivity index (χ3n) is 6.26. The van der Waals surface area contributed by atoms with Gasteiger partial charge in [0.15, 0.2) is 0 Å². The minimum Gasteiger partial charge on any atom is -0.339 e. The lowest BCUT2D eigenvalue weighted by atomic mass is 10.1. The van der Waals surface area contributed by atoms with E-state index in [2.05, 4.69) is 5.32 Å². The number of sulfonamides is 1. The van der Waals surface area contributed by atoms with Crippen LogP contribution in [0.3, 0.4) is 0 Å². The summed E-state index contributed by atoms with van der Waals surface area (Å²) in [4.78, 5) is 29.1. The zero-order valence-corrected chi connectivity index (χ0v) is 21.2. The Labute approximate surface area is 202 Å². The van der Waals surface area contributed by atoms with Crippen molar-refractivity contribution in [1.29, 1.82) is 0 Å². The fourth-order valence-corrected chi connectivity index (χ4v) is 5.49. The average molecular weight is 487 g/mol. The third kappa shape index (κ3) is 6.02. The van der Waals surface area contributed by atoms with Gasteiger partial charge in [0, 0.05) is 50.5 Å². The van der Waals surface area contributed by atoms with Crippen molar-refractivity contribution in [3.8, 4) is 0 Å². The minimum atomic E-state index is -3.56. The number of rotatable bonds is 8. The molecule has 9 heteroatoms. The van der Waals surface area contributed by atoms with Gasteiger partial charge in [-0.25, -0.2) is 8.42 Å². The third-order valence-corrected chi connectivity index (χ3v) is 8.15. The largest absolute Gasteiger partial charge is 0.339 e. The van der Waals surface area contributed by atoms with Gasteiger partial charge in [-0.2, -0.15) is 4.31 Å². The van der Waals surface area contributed by atoms with Crippen LogP contribution in [-0.2, 0) is 14.8 Å². The standard InChI is InChI=1S/C25H34N4O4S/c1-5-28(6-2)25(31)21-8-7-9-22(17-21)26-24(30)18-27-12-14-29(15-13-27)34(32,33)23-11-10-19(3)20(4)16-23/h7-11,16-17H,5-6,12-15,18H2,1-4H3,(H,26,30). The van der Waals surface area contributed by atoms with E-state index >= 15 is 0 Å². The maximum absolute atomic E-state index is 13.0. The number of piperazine rings is 1. The van der Waals surface area contributed by atoms with Crippen LogP contribution in [0.1, 0.15) is 35.3 Å². The Balaban J connectivity index is 1.55. The maximum Gasteiger partial charge on any atom is 0.253 e. The molecule has 1 heterocycles. The predicted molar refractivity (Wildman–Crippen MR) is 133 cm³/mol. The molecule has 1 fully saturated rings. The van der Waals surface area contributed by atoms with Gasteiger partial charge in [-0.05, 0) is 69.2 Å². The number of nitrogens with one attached hydrogen (secondary N) is 1. The summed E-state index contributed by atoms with van der Waals surface area (Å²) in [6.45, 7) is 10.7. The first kappa shape index (κ1) is 25.9. The summed E-state index contributed by atoms with van der Waals surface area (Å²) >= 11 is 0. The van der Waals surface area contributed by atoms with Crippen LogP contribution >= 0.6 is 0 Å². The molecule has 34 heavy (non-hydrogen) atoms. The molecule has 0 radical (unpaired) electrons. The summed E-state index contributed by atoms with van der Waals surface area (Å²) in [5.41, 5.74) is 3.10. The molecular formula is C25H34N4O4S. The highest BCUT2D eigenvalue weighted by Crippen LogP contribution is 2.20. The molecule has 184 valence electrons. The van der Waals surface area contributed by atoms with E-state index < -0.39 is 10.0 Å². The number of benzene rings is 2. The number of amides is 2. The van der Waals surface area contributed by atoms with Gasteiger partial charge in [0.1, 0.15) is 0 Å². The van der Waals surface area contributed by atoms with Crippen LogP contribution in [0.25, 0.3) is 0 Å². The average Bonchev–Trinajstić information content (AvgIpc) is 2.82. The molecule has 1 aliphatic rings. The van der Waals surface area contributed by atoms with E-state index in [9.17, 15) is 18.0 Å². The summed E-state index contributed by atoms with van der Waals surface area (Å²) in [5.74, 6) is -0.264. The monoisotopic (exact) mass is 486 g/mol. The van der Waals surface area contributed by atoms with E-state index in [-0.39, 0.29) is 18.4 Å². The van der Waals surface area contributed by atoms with Gasteiger partial charge in [-0.15, -0.1) is 0 Å². The van der Waals surface area contributed by atoms with E-state index in [1.807, 2.05) is 38.7 Å². The van der Waals surface area contributed by atoms with E-state index in [4.69, 9.17) is 0 Å². The molecule has 8 nitrogen and oxygen atoms in total. The highest BCUT2D eigenvalue weighted by atomic mass is 32.2. The summed E-state index contributed by atoms with van der Waals surface area (Å²) in [7, 11) is -3.56. The maximum atomic E-state index is 13.0. The van der Waals surface area contributed by atoms with Gasteiger partial charge in [0.05, 0.1) is 11.4 Å². The molecule has 0 atom stereocenters. The molecule has 2 amide bonds. The molecule has 1 saturated heterocycles. The first-order chi connectivity index (χ1) is 16.1. The molecule has 1 aliphatic heterocycles. The summed E-state index contributed by atoms with van der Waals surface area (Å²) in [5, 5.41) is 2.86. The molecule has 0 unspecified atom stereocenters. The molecule has 2 aromatic rings. The van der Waals surface area contributed by atoms with Gasteiger partial charge in [-0.3, -0.25) is 14.5 Å². The predicted octanol–water partition coefficient (Wildman–Crippen LogP) is 2.73. The van der Waals surface area contributed by atoms with Crippen molar-refractivity contribution in [1.82, 2.24) is 14.1 Å². The molecule has 0 aliphatic carbocycles. The van der Waals surface area contributed by atoms with Gasteiger partial charge in [-0.1, -0.05) is 12.1 Å². The first-order valence-corrected chi connectivity index (χ1v) is 13.1. The normalized spacial score (nSPS) is 15.2. The highest BCUT2D eigenvalue weighted by molar-refractivity contribution is 7.89. The Hall–Kier alpha value is -2.75. The number of aryl methyl sites for hydroxylation is 2.